The van der Waals surface area contributed by atoms with Crippen molar-refractivity contribution >= 4 is 0 Å². The van der Waals surface area contributed by atoms with Crippen LogP contribution in [0.4, 0.5) is 0 Å². The summed E-state index contributed by atoms with van der Waals surface area (Å²) in [6.45, 7) is 5.93. The second-order valence-corrected chi connectivity index (χ2v) is 6.77. The summed E-state index contributed by atoms with van der Waals surface area (Å²) in [6.07, 6.45) is 11.5. The highest BCUT2D eigenvalue weighted by Gasteiger charge is 2.32. The molecule has 1 aliphatic carbocycles. The van der Waals surface area contributed by atoms with E-state index < -0.39 is 0 Å². The average Bonchev–Trinajstić information content (AvgIpc) is 3.21. The summed E-state index contributed by atoms with van der Waals surface area (Å²) in [6, 6.07) is 3.31. The first kappa shape index (κ1) is 16.0. The summed E-state index contributed by atoms with van der Waals surface area (Å²) in [7, 11) is 0. The van der Waals surface area contributed by atoms with Gasteiger partial charge in [0.05, 0.1) is 0 Å². The minimum absolute atomic E-state index is 0.314. The molecule has 2 heterocycles. The molecule has 2 aliphatic rings. The third kappa shape index (κ3) is 4.09. The zero-order valence-electron chi connectivity index (χ0n) is 13.6. The van der Waals surface area contributed by atoms with Gasteiger partial charge in [-0.2, -0.15) is 5.10 Å². The summed E-state index contributed by atoms with van der Waals surface area (Å²) >= 11 is 0. The molecule has 5 nitrogen and oxygen atoms in total. The van der Waals surface area contributed by atoms with Gasteiger partial charge in [-0.25, -0.2) is 0 Å². The van der Waals surface area contributed by atoms with Gasteiger partial charge >= 0.3 is 0 Å². The van der Waals surface area contributed by atoms with E-state index in [4.69, 9.17) is 0 Å². The van der Waals surface area contributed by atoms with Gasteiger partial charge in [0.1, 0.15) is 0 Å². The maximum absolute atomic E-state index is 9.41. The standard InChI is InChI=1S/C17H30N4O/c22-14-7-17-15-19(9-4-11-20-10-3-8-18-20)12-13-21(17)16-5-1-2-6-16/h3,8,10,16-17,22H,1-2,4-7,9,11-15H2. The number of hydrogen-bond acceptors (Lipinski definition) is 4. The number of hydrogen-bond donors (Lipinski definition) is 1. The summed E-state index contributed by atoms with van der Waals surface area (Å²) in [4.78, 5) is 5.28. The van der Waals surface area contributed by atoms with Gasteiger partial charge < -0.3 is 10.0 Å². The van der Waals surface area contributed by atoms with E-state index in [-0.39, 0.29) is 0 Å². The summed E-state index contributed by atoms with van der Waals surface area (Å²) < 4.78 is 2.01. The Morgan fingerprint density at radius 1 is 1.14 bits per heavy atom. The van der Waals surface area contributed by atoms with Crippen LogP contribution in [0.2, 0.25) is 0 Å². The summed E-state index contributed by atoms with van der Waals surface area (Å²) in [5.41, 5.74) is 0. The monoisotopic (exact) mass is 306 g/mol. The number of rotatable bonds is 7. The lowest BCUT2D eigenvalue weighted by atomic mass is 10.0. The highest BCUT2D eigenvalue weighted by atomic mass is 16.3. The van der Waals surface area contributed by atoms with Crippen LogP contribution < -0.4 is 0 Å². The van der Waals surface area contributed by atoms with Crippen LogP contribution in [-0.2, 0) is 6.54 Å². The molecule has 1 aliphatic heterocycles. The van der Waals surface area contributed by atoms with Crippen molar-refractivity contribution in [1.29, 1.82) is 0 Å². The number of nitrogens with zero attached hydrogens (tertiary/aromatic N) is 4. The first-order valence-corrected chi connectivity index (χ1v) is 8.93. The first-order valence-electron chi connectivity index (χ1n) is 8.93. The zero-order chi connectivity index (χ0) is 15.2. The van der Waals surface area contributed by atoms with Crippen molar-refractivity contribution in [3.8, 4) is 0 Å². The highest BCUT2D eigenvalue weighted by Crippen LogP contribution is 2.27. The zero-order valence-corrected chi connectivity index (χ0v) is 13.6. The lowest BCUT2D eigenvalue weighted by molar-refractivity contribution is 0.0291. The topological polar surface area (TPSA) is 44.5 Å². The number of piperazine rings is 1. The lowest BCUT2D eigenvalue weighted by Crippen LogP contribution is -2.56. The molecule has 1 saturated carbocycles. The Morgan fingerprint density at radius 2 is 2.00 bits per heavy atom. The normalized spacial score (nSPS) is 25.0. The van der Waals surface area contributed by atoms with Crippen molar-refractivity contribution < 1.29 is 5.11 Å². The van der Waals surface area contributed by atoms with Crippen LogP contribution in [0.15, 0.2) is 18.5 Å². The molecule has 1 aromatic heterocycles. The number of aliphatic hydroxyl groups excluding tert-OH is 1. The van der Waals surface area contributed by atoms with Gasteiger partial charge in [0.2, 0.25) is 0 Å². The second-order valence-electron chi connectivity index (χ2n) is 6.77. The van der Waals surface area contributed by atoms with Crippen LogP contribution in [0.25, 0.3) is 0 Å². The molecule has 124 valence electrons. The van der Waals surface area contributed by atoms with Crippen molar-refractivity contribution in [3.05, 3.63) is 18.5 Å². The van der Waals surface area contributed by atoms with E-state index in [1.807, 2.05) is 23.1 Å². The molecule has 1 aromatic rings. The van der Waals surface area contributed by atoms with E-state index in [0.717, 1.165) is 38.5 Å². The molecule has 1 N–H and O–H groups in total. The van der Waals surface area contributed by atoms with Crippen molar-refractivity contribution in [3.63, 3.8) is 0 Å². The van der Waals surface area contributed by atoms with E-state index in [1.165, 1.54) is 38.8 Å². The second kappa shape index (κ2) is 8.09. The lowest BCUT2D eigenvalue weighted by Gasteiger charge is -2.44. The van der Waals surface area contributed by atoms with E-state index in [0.29, 0.717) is 12.6 Å². The quantitative estimate of drug-likeness (QED) is 0.831. The smallest absolute Gasteiger partial charge is 0.0489 e. The molecule has 1 saturated heterocycles. The third-order valence-electron chi connectivity index (χ3n) is 5.29. The molecular formula is C17H30N4O. The fourth-order valence-electron chi connectivity index (χ4n) is 4.15. The molecule has 0 bridgehead atoms. The Bertz CT molecular complexity index is 416. The number of aliphatic hydroxyl groups is 1. The molecule has 0 aromatic carbocycles. The summed E-state index contributed by atoms with van der Waals surface area (Å²) in [5.74, 6) is 0. The molecular weight excluding hydrogens is 276 g/mol. The molecule has 5 heteroatoms. The van der Waals surface area contributed by atoms with Gasteiger partial charge in [0.15, 0.2) is 0 Å². The van der Waals surface area contributed by atoms with E-state index >= 15 is 0 Å². The predicted molar refractivity (Wildman–Crippen MR) is 87.7 cm³/mol. The fraction of sp³-hybridized carbons (Fsp3) is 0.824. The Labute approximate surface area is 133 Å². The molecule has 3 rings (SSSR count). The van der Waals surface area contributed by atoms with Gasteiger partial charge in [-0.05, 0) is 31.7 Å². The van der Waals surface area contributed by atoms with Crippen molar-refractivity contribution in [2.24, 2.45) is 0 Å². The SMILES string of the molecule is OCCC1CN(CCCn2cccn2)CCN1C1CCCC1. The van der Waals surface area contributed by atoms with Gasteiger partial charge in [-0.3, -0.25) is 9.58 Å². The molecule has 0 amide bonds. The van der Waals surface area contributed by atoms with Crippen molar-refractivity contribution in [2.45, 2.75) is 57.2 Å². The van der Waals surface area contributed by atoms with Gasteiger partial charge in [0.25, 0.3) is 0 Å². The fourth-order valence-corrected chi connectivity index (χ4v) is 4.15. The minimum atomic E-state index is 0.314. The Kier molecular flexibility index (Phi) is 5.87. The third-order valence-corrected chi connectivity index (χ3v) is 5.29. The van der Waals surface area contributed by atoms with Crippen LogP contribution in [0, 0.1) is 0 Å². The van der Waals surface area contributed by atoms with Crippen LogP contribution in [0.1, 0.15) is 38.5 Å². The minimum Gasteiger partial charge on any atom is -0.396 e. The molecule has 0 radical (unpaired) electrons. The number of aryl methyl sites for hydroxylation is 1. The van der Waals surface area contributed by atoms with Crippen molar-refractivity contribution in [2.75, 3.05) is 32.8 Å². The predicted octanol–water partition coefficient (Wildman–Crippen LogP) is 1.58. The van der Waals surface area contributed by atoms with Crippen molar-refractivity contribution in [1.82, 2.24) is 19.6 Å². The van der Waals surface area contributed by atoms with Crippen LogP contribution >= 0.6 is 0 Å². The molecule has 2 fully saturated rings. The van der Waals surface area contributed by atoms with E-state index in [1.54, 1.807) is 0 Å². The van der Waals surface area contributed by atoms with Crippen LogP contribution in [0.3, 0.4) is 0 Å². The maximum Gasteiger partial charge on any atom is 0.0489 e. The van der Waals surface area contributed by atoms with Gasteiger partial charge in [-0.1, -0.05) is 12.8 Å². The molecule has 1 unspecified atom stereocenters. The first-order chi connectivity index (χ1) is 10.9. The molecule has 0 spiro atoms. The van der Waals surface area contributed by atoms with E-state index in [9.17, 15) is 5.11 Å². The highest BCUT2D eigenvalue weighted by molar-refractivity contribution is 4.88. The van der Waals surface area contributed by atoms with Crippen LogP contribution in [-0.4, -0.2) is 69.6 Å². The van der Waals surface area contributed by atoms with Crippen LogP contribution in [0.5, 0.6) is 0 Å². The Morgan fingerprint density at radius 3 is 2.73 bits per heavy atom. The molecule has 1 atom stereocenters. The van der Waals surface area contributed by atoms with Gasteiger partial charge in [-0.15, -0.1) is 0 Å². The largest absolute Gasteiger partial charge is 0.396 e. The maximum atomic E-state index is 9.41. The van der Waals surface area contributed by atoms with E-state index in [2.05, 4.69) is 14.9 Å². The average molecular weight is 306 g/mol. The summed E-state index contributed by atoms with van der Waals surface area (Å²) in [5, 5.41) is 13.7. The Hall–Kier alpha value is -0.910. The Balaban J connectivity index is 1.46. The van der Waals surface area contributed by atoms with Gasteiger partial charge in [0, 0.05) is 63.8 Å². The molecule has 22 heavy (non-hydrogen) atoms. The number of aromatic nitrogens is 2.